The molecule has 0 bridgehead atoms. The molecule has 0 aromatic heterocycles. The van der Waals surface area contributed by atoms with Crippen molar-refractivity contribution in [3.05, 3.63) is 29.8 Å². The van der Waals surface area contributed by atoms with E-state index in [1.807, 2.05) is 12.1 Å². The molecule has 0 spiro atoms. The lowest BCUT2D eigenvalue weighted by molar-refractivity contribution is -0.170. The van der Waals surface area contributed by atoms with Crippen LogP contribution in [0.1, 0.15) is 17.9 Å². The molecule has 7 nitrogen and oxygen atoms in total. The number of oxime groups is 1. The molecule has 0 N–H and O–H groups in total. The maximum absolute atomic E-state index is 12.6. The minimum Gasteiger partial charge on any atom is -0.497 e. The van der Waals surface area contributed by atoms with Gasteiger partial charge in [0, 0.05) is 5.92 Å². The molecular formula is C17H19NO6. The molecule has 7 heteroatoms. The molecule has 0 unspecified atom stereocenters. The molecule has 1 saturated carbocycles. The first-order valence-electron chi connectivity index (χ1n) is 7.59. The number of fused-ring (bicyclic) bond motifs is 1. The molecule has 1 aromatic carbocycles. The molecule has 1 aromatic rings. The first-order chi connectivity index (χ1) is 11.6. The van der Waals surface area contributed by atoms with Crippen LogP contribution in [0.3, 0.4) is 0 Å². The van der Waals surface area contributed by atoms with Crippen molar-refractivity contribution in [3.63, 3.8) is 0 Å². The monoisotopic (exact) mass is 333 g/mol. The molecule has 1 heterocycles. The van der Waals surface area contributed by atoms with Gasteiger partial charge in [-0.15, -0.1) is 0 Å². The van der Waals surface area contributed by atoms with Crippen LogP contribution in [0.2, 0.25) is 0 Å². The van der Waals surface area contributed by atoms with Crippen molar-refractivity contribution in [3.8, 4) is 5.75 Å². The molecule has 0 radical (unpaired) electrons. The van der Waals surface area contributed by atoms with Crippen LogP contribution in [0.25, 0.3) is 0 Å². The molecule has 2 aliphatic rings. The van der Waals surface area contributed by atoms with Crippen LogP contribution in [0.4, 0.5) is 0 Å². The number of ether oxygens (including phenoxy) is 3. The smallest absolute Gasteiger partial charge is 0.324 e. The average molecular weight is 333 g/mol. The third kappa shape index (κ3) is 2.23. The molecule has 128 valence electrons. The van der Waals surface area contributed by atoms with Gasteiger partial charge < -0.3 is 19.0 Å². The highest BCUT2D eigenvalue weighted by Crippen LogP contribution is 2.53. The summed E-state index contributed by atoms with van der Waals surface area (Å²) in [5.74, 6) is -1.26. The molecule has 24 heavy (non-hydrogen) atoms. The fourth-order valence-corrected chi connectivity index (χ4v) is 3.67. The lowest BCUT2D eigenvalue weighted by Crippen LogP contribution is -2.44. The van der Waals surface area contributed by atoms with Gasteiger partial charge in [0.15, 0.2) is 5.41 Å². The number of esters is 2. The standard InChI is InChI=1S/C17H19NO6/c1-21-12-6-4-10(5-7-12)13-14-11(9-24-18-14)8-17(13,15(19)22-2)16(20)23-3/h4-7,11,13H,8-9H2,1-3H3/t11-,13+/m0/s1. The Balaban J connectivity index is 2.14. The fraction of sp³-hybridized carbons (Fsp3) is 0.471. The molecule has 2 atom stereocenters. The van der Waals surface area contributed by atoms with E-state index >= 15 is 0 Å². The summed E-state index contributed by atoms with van der Waals surface area (Å²) in [6, 6.07) is 7.18. The maximum atomic E-state index is 12.6. The summed E-state index contributed by atoms with van der Waals surface area (Å²) >= 11 is 0. The summed E-state index contributed by atoms with van der Waals surface area (Å²) in [5, 5.41) is 4.10. The lowest BCUT2D eigenvalue weighted by atomic mass is 9.73. The second-order valence-corrected chi connectivity index (χ2v) is 5.87. The summed E-state index contributed by atoms with van der Waals surface area (Å²) in [6.07, 6.45) is 0.252. The maximum Gasteiger partial charge on any atom is 0.324 e. The number of methoxy groups -OCH3 is 3. The van der Waals surface area contributed by atoms with E-state index in [4.69, 9.17) is 19.0 Å². The molecule has 1 aliphatic carbocycles. The Bertz CT molecular complexity index is 665. The van der Waals surface area contributed by atoms with Crippen molar-refractivity contribution in [2.45, 2.75) is 12.3 Å². The molecule has 1 fully saturated rings. The van der Waals surface area contributed by atoms with E-state index in [2.05, 4.69) is 5.16 Å². The van der Waals surface area contributed by atoms with Gasteiger partial charge >= 0.3 is 11.9 Å². The predicted molar refractivity (Wildman–Crippen MR) is 83.7 cm³/mol. The van der Waals surface area contributed by atoms with Crippen LogP contribution in [0, 0.1) is 11.3 Å². The number of rotatable bonds is 4. The van der Waals surface area contributed by atoms with Crippen molar-refractivity contribution < 1.29 is 28.6 Å². The average Bonchev–Trinajstić information content (AvgIpc) is 3.19. The summed E-state index contributed by atoms with van der Waals surface area (Å²) in [6.45, 7) is 0.345. The zero-order chi connectivity index (χ0) is 17.3. The number of carbonyl (C=O) groups is 2. The van der Waals surface area contributed by atoms with Crippen LogP contribution < -0.4 is 4.74 Å². The molecule has 3 rings (SSSR count). The Morgan fingerprint density at radius 2 is 1.75 bits per heavy atom. The lowest BCUT2D eigenvalue weighted by Gasteiger charge is -2.30. The number of nitrogens with zero attached hydrogens (tertiary/aromatic N) is 1. The van der Waals surface area contributed by atoms with Gasteiger partial charge in [-0.2, -0.15) is 0 Å². The van der Waals surface area contributed by atoms with Crippen LogP contribution >= 0.6 is 0 Å². The highest BCUT2D eigenvalue weighted by molar-refractivity contribution is 6.12. The van der Waals surface area contributed by atoms with E-state index in [9.17, 15) is 9.59 Å². The van der Waals surface area contributed by atoms with Gasteiger partial charge in [-0.1, -0.05) is 17.3 Å². The van der Waals surface area contributed by atoms with Gasteiger partial charge in [-0.05, 0) is 24.1 Å². The van der Waals surface area contributed by atoms with Crippen molar-refractivity contribution >= 4 is 17.7 Å². The largest absolute Gasteiger partial charge is 0.497 e. The van der Waals surface area contributed by atoms with E-state index < -0.39 is 23.3 Å². The second kappa shape index (κ2) is 6.14. The summed E-state index contributed by atoms with van der Waals surface area (Å²) in [4.78, 5) is 30.4. The Morgan fingerprint density at radius 3 is 2.29 bits per heavy atom. The number of benzene rings is 1. The highest BCUT2D eigenvalue weighted by Gasteiger charge is 2.64. The topological polar surface area (TPSA) is 83.4 Å². The van der Waals surface area contributed by atoms with Crippen molar-refractivity contribution in [2.24, 2.45) is 16.5 Å². The van der Waals surface area contributed by atoms with Gasteiger partial charge in [-0.25, -0.2) is 0 Å². The number of hydrogen-bond acceptors (Lipinski definition) is 7. The Labute approximate surface area is 139 Å². The van der Waals surface area contributed by atoms with E-state index in [1.165, 1.54) is 14.2 Å². The number of carbonyl (C=O) groups excluding carboxylic acids is 2. The predicted octanol–water partition coefficient (Wildman–Crippen LogP) is 1.52. The molecule has 0 amide bonds. The van der Waals surface area contributed by atoms with Crippen molar-refractivity contribution in [1.29, 1.82) is 0 Å². The third-order valence-corrected chi connectivity index (χ3v) is 4.77. The van der Waals surface area contributed by atoms with Crippen LogP contribution in [0.15, 0.2) is 29.4 Å². The second-order valence-electron chi connectivity index (χ2n) is 5.87. The van der Waals surface area contributed by atoms with Gasteiger partial charge in [0.2, 0.25) is 0 Å². The zero-order valence-corrected chi connectivity index (χ0v) is 13.8. The third-order valence-electron chi connectivity index (χ3n) is 4.77. The Morgan fingerprint density at radius 1 is 1.12 bits per heavy atom. The summed E-state index contributed by atoms with van der Waals surface area (Å²) < 4.78 is 15.1. The van der Waals surface area contributed by atoms with Gasteiger partial charge in [-0.3, -0.25) is 9.59 Å². The van der Waals surface area contributed by atoms with Crippen molar-refractivity contribution in [1.82, 2.24) is 0 Å². The van der Waals surface area contributed by atoms with Crippen LogP contribution in [0.5, 0.6) is 5.75 Å². The summed E-state index contributed by atoms with van der Waals surface area (Å²) in [7, 11) is 4.11. The minimum atomic E-state index is -1.45. The van der Waals surface area contributed by atoms with E-state index in [0.29, 0.717) is 18.1 Å². The minimum absolute atomic E-state index is 0.115. The zero-order valence-electron chi connectivity index (χ0n) is 13.8. The number of hydrogen-bond donors (Lipinski definition) is 0. The van der Waals surface area contributed by atoms with E-state index in [-0.39, 0.29) is 12.3 Å². The fourth-order valence-electron chi connectivity index (χ4n) is 3.67. The van der Waals surface area contributed by atoms with Gasteiger partial charge in [0.1, 0.15) is 12.4 Å². The first kappa shape index (κ1) is 16.3. The van der Waals surface area contributed by atoms with Gasteiger partial charge in [0.25, 0.3) is 0 Å². The SMILES string of the molecule is COC(=O)C1(C(=O)OC)C[C@H]2CON=C2[C@H]1c1ccc(OC)cc1. The molecule has 1 aliphatic heterocycles. The van der Waals surface area contributed by atoms with E-state index in [0.717, 1.165) is 5.56 Å². The Kier molecular flexibility index (Phi) is 4.17. The summed E-state index contributed by atoms with van der Waals surface area (Å²) in [5.41, 5.74) is -0.0138. The van der Waals surface area contributed by atoms with E-state index in [1.54, 1.807) is 19.2 Å². The van der Waals surface area contributed by atoms with Crippen molar-refractivity contribution in [2.75, 3.05) is 27.9 Å². The normalized spacial score (nSPS) is 23.7. The van der Waals surface area contributed by atoms with Gasteiger partial charge in [0.05, 0.1) is 33.0 Å². The first-order valence-corrected chi connectivity index (χ1v) is 7.59. The Hall–Kier alpha value is -2.57. The highest BCUT2D eigenvalue weighted by atomic mass is 16.6. The molecular weight excluding hydrogens is 314 g/mol. The molecule has 0 saturated heterocycles. The van der Waals surface area contributed by atoms with Crippen LogP contribution in [-0.2, 0) is 23.9 Å². The quantitative estimate of drug-likeness (QED) is 0.613. The van der Waals surface area contributed by atoms with Crippen LogP contribution in [-0.4, -0.2) is 45.6 Å².